The van der Waals surface area contributed by atoms with Gasteiger partial charge in [-0.25, -0.2) is 4.39 Å². The SMILES string of the molecule is CCN1CC(Oc2c(C)cc(Cl)cc2-c2ccnc3cc(CN4C(=O)C5C(C4=O)C5(C)C)sc23)C(C)(F)C1.Cl.Cl. The number of ether oxygens (including phenoxy) is 1. The summed E-state index contributed by atoms with van der Waals surface area (Å²) < 4.78 is 22.8. The third kappa shape index (κ3) is 4.90. The number of fused-ring (bicyclic) bond motifs is 2. The Morgan fingerprint density at radius 1 is 1.12 bits per heavy atom. The van der Waals surface area contributed by atoms with Crippen molar-refractivity contribution in [2.24, 2.45) is 17.3 Å². The van der Waals surface area contributed by atoms with Gasteiger partial charge in [-0.05, 0) is 55.6 Å². The predicted octanol–water partition coefficient (Wildman–Crippen LogP) is 6.72. The van der Waals surface area contributed by atoms with E-state index in [4.69, 9.17) is 16.3 Å². The molecule has 4 unspecified atom stereocenters. The molecule has 0 bridgehead atoms. The van der Waals surface area contributed by atoms with Gasteiger partial charge in [0.2, 0.25) is 11.8 Å². The van der Waals surface area contributed by atoms with Crippen LogP contribution in [-0.4, -0.2) is 58.0 Å². The fraction of sp³-hybridized carbons (Fsp3) is 0.483. The molecular formula is C29H33Cl3FN3O3S. The van der Waals surface area contributed by atoms with Gasteiger partial charge in [0, 0.05) is 40.3 Å². The number of carbonyl (C=O) groups excluding carboxylic acids is 2. The van der Waals surface area contributed by atoms with Crippen molar-refractivity contribution in [3.63, 3.8) is 0 Å². The Bertz CT molecular complexity index is 1470. The maximum absolute atomic E-state index is 15.5. The summed E-state index contributed by atoms with van der Waals surface area (Å²) in [7, 11) is 0. The highest BCUT2D eigenvalue weighted by atomic mass is 35.5. The number of imide groups is 1. The molecule has 0 N–H and O–H groups in total. The molecule has 4 atom stereocenters. The largest absolute Gasteiger partial charge is 0.485 e. The van der Waals surface area contributed by atoms with Crippen molar-refractivity contribution in [2.75, 3.05) is 19.6 Å². The number of pyridine rings is 1. The van der Waals surface area contributed by atoms with Gasteiger partial charge in [0.1, 0.15) is 11.9 Å². The number of halogens is 4. The lowest BCUT2D eigenvalue weighted by Gasteiger charge is -2.25. The molecule has 2 amide bonds. The van der Waals surface area contributed by atoms with Gasteiger partial charge in [-0.3, -0.25) is 24.4 Å². The molecule has 40 heavy (non-hydrogen) atoms. The molecule has 3 aromatic rings. The van der Waals surface area contributed by atoms with Crippen LogP contribution in [0.5, 0.6) is 5.75 Å². The number of piperidine rings is 1. The topological polar surface area (TPSA) is 62.7 Å². The number of hydrogen-bond donors (Lipinski definition) is 0. The summed E-state index contributed by atoms with van der Waals surface area (Å²) in [5, 5.41) is 0.561. The van der Waals surface area contributed by atoms with Crippen molar-refractivity contribution in [2.45, 2.75) is 52.9 Å². The zero-order valence-electron chi connectivity index (χ0n) is 23.0. The zero-order chi connectivity index (χ0) is 27.1. The van der Waals surface area contributed by atoms with Crippen LogP contribution >= 0.6 is 47.8 Å². The summed E-state index contributed by atoms with van der Waals surface area (Å²) >= 11 is 8.00. The second kappa shape index (κ2) is 10.7. The number of likely N-dealkylation sites (N-methyl/N-ethyl adjacent to an activating group) is 1. The molecule has 11 heteroatoms. The molecule has 2 aromatic heterocycles. The Hall–Kier alpha value is -1.97. The minimum atomic E-state index is -1.48. The second-order valence-corrected chi connectivity index (χ2v) is 13.2. The lowest BCUT2D eigenvalue weighted by Crippen LogP contribution is -2.38. The maximum atomic E-state index is 15.5. The van der Waals surface area contributed by atoms with Crippen LogP contribution in [0.1, 0.15) is 38.1 Å². The van der Waals surface area contributed by atoms with E-state index >= 15 is 4.39 Å². The molecule has 4 heterocycles. The Kier molecular flexibility index (Phi) is 8.29. The molecule has 1 saturated carbocycles. The minimum Gasteiger partial charge on any atom is -0.485 e. The molecular weight excluding hydrogens is 596 g/mol. The van der Waals surface area contributed by atoms with Crippen LogP contribution in [0.15, 0.2) is 30.5 Å². The van der Waals surface area contributed by atoms with E-state index in [2.05, 4.69) is 9.88 Å². The normalized spacial score (nSPS) is 27.0. The number of rotatable bonds is 6. The van der Waals surface area contributed by atoms with Gasteiger partial charge in [0.05, 0.1) is 28.6 Å². The van der Waals surface area contributed by atoms with E-state index in [1.165, 1.54) is 16.2 Å². The highest BCUT2D eigenvalue weighted by Crippen LogP contribution is 2.63. The number of aromatic nitrogens is 1. The fourth-order valence-corrected chi connectivity index (χ4v) is 7.65. The monoisotopic (exact) mass is 627 g/mol. The Morgan fingerprint density at radius 3 is 2.42 bits per heavy atom. The molecule has 3 fully saturated rings. The van der Waals surface area contributed by atoms with Crippen molar-refractivity contribution in [1.29, 1.82) is 0 Å². The molecule has 6 nitrogen and oxygen atoms in total. The Balaban J connectivity index is 0.00000185. The summed E-state index contributed by atoms with van der Waals surface area (Å²) in [6, 6.07) is 7.53. The molecule has 3 aliphatic rings. The van der Waals surface area contributed by atoms with Gasteiger partial charge in [-0.1, -0.05) is 32.4 Å². The van der Waals surface area contributed by atoms with Crippen LogP contribution in [-0.2, 0) is 16.1 Å². The van der Waals surface area contributed by atoms with Crippen molar-refractivity contribution < 1.29 is 18.7 Å². The average Bonchev–Trinajstić information content (AvgIpc) is 3.12. The van der Waals surface area contributed by atoms with E-state index in [1.54, 1.807) is 13.1 Å². The number of amides is 2. The number of carbonyl (C=O) groups is 2. The van der Waals surface area contributed by atoms with Crippen molar-refractivity contribution in [1.82, 2.24) is 14.8 Å². The molecule has 0 spiro atoms. The number of alkyl halides is 1. The first-order chi connectivity index (χ1) is 17.9. The lowest BCUT2D eigenvalue weighted by molar-refractivity contribution is -0.143. The van der Waals surface area contributed by atoms with Crippen LogP contribution in [0, 0.1) is 24.2 Å². The number of aryl methyl sites for hydroxylation is 1. The minimum absolute atomic E-state index is 0. The summed E-state index contributed by atoms with van der Waals surface area (Å²) in [5.41, 5.74) is 1.54. The van der Waals surface area contributed by atoms with E-state index in [1.807, 2.05) is 52.0 Å². The number of nitrogens with zero attached hydrogens (tertiary/aromatic N) is 3. The maximum Gasteiger partial charge on any atom is 0.234 e. The summed E-state index contributed by atoms with van der Waals surface area (Å²) in [4.78, 5) is 34.7. The molecule has 6 rings (SSSR count). The number of thiophene rings is 1. The van der Waals surface area contributed by atoms with Gasteiger partial charge < -0.3 is 4.74 Å². The van der Waals surface area contributed by atoms with Crippen LogP contribution in [0.3, 0.4) is 0 Å². The summed E-state index contributed by atoms with van der Waals surface area (Å²) in [6.45, 7) is 11.3. The first-order valence-electron chi connectivity index (χ1n) is 13.0. The van der Waals surface area contributed by atoms with E-state index in [0.29, 0.717) is 23.9 Å². The van der Waals surface area contributed by atoms with Crippen molar-refractivity contribution in [3.05, 3.63) is 45.9 Å². The third-order valence-electron chi connectivity index (χ3n) is 8.53. The highest BCUT2D eigenvalue weighted by molar-refractivity contribution is 7.19. The zero-order valence-corrected chi connectivity index (χ0v) is 26.2. The second-order valence-electron chi connectivity index (χ2n) is 11.6. The standard InChI is InChI=1S/C29H31ClFN3O3S.2ClH/c1-6-33-13-21(29(5,31)14-33)37-24-15(2)9-16(30)10-19(24)18-7-8-32-20-11-17(38-25(18)20)12-34-26(35)22-23(27(34)36)28(22,3)4;;/h7-11,21-23H,6,12-14H2,1-5H3;2*1H. The van der Waals surface area contributed by atoms with E-state index in [-0.39, 0.29) is 60.4 Å². The Labute approximate surface area is 255 Å². The number of hydrogen-bond acceptors (Lipinski definition) is 6. The first-order valence-corrected chi connectivity index (χ1v) is 14.2. The number of benzene rings is 1. The Morgan fingerprint density at radius 2 is 1.80 bits per heavy atom. The van der Waals surface area contributed by atoms with Crippen LogP contribution < -0.4 is 4.74 Å². The van der Waals surface area contributed by atoms with Crippen molar-refractivity contribution >= 4 is 69.8 Å². The average molecular weight is 629 g/mol. The van der Waals surface area contributed by atoms with E-state index in [9.17, 15) is 9.59 Å². The smallest absolute Gasteiger partial charge is 0.234 e. The lowest BCUT2D eigenvalue weighted by atomic mass is 10.0. The molecule has 2 saturated heterocycles. The highest BCUT2D eigenvalue weighted by Gasteiger charge is 2.72. The van der Waals surface area contributed by atoms with Crippen LogP contribution in [0.2, 0.25) is 5.02 Å². The quantitative estimate of drug-likeness (QED) is 0.284. The first kappa shape index (κ1) is 31.0. The molecule has 216 valence electrons. The predicted molar refractivity (Wildman–Crippen MR) is 162 cm³/mol. The molecule has 0 radical (unpaired) electrons. The molecule has 2 aliphatic heterocycles. The summed E-state index contributed by atoms with van der Waals surface area (Å²) in [6.07, 6.45) is 1.12. The van der Waals surface area contributed by atoms with Crippen molar-refractivity contribution in [3.8, 4) is 16.9 Å². The molecule has 1 aromatic carbocycles. The van der Waals surface area contributed by atoms with Crippen LogP contribution in [0.4, 0.5) is 4.39 Å². The molecule has 1 aliphatic carbocycles. The third-order valence-corrected chi connectivity index (χ3v) is 9.89. The van der Waals surface area contributed by atoms with E-state index < -0.39 is 11.8 Å². The van der Waals surface area contributed by atoms with Crippen LogP contribution in [0.25, 0.3) is 21.3 Å². The number of likely N-dealkylation sites (tertiary alicyclic amines) is 2. The van der Waals surface area contributed by atoms with Gasteiger partial charge >= 0.3 is 0 Å². The van der Waals surface area contributed by atoms with Gasteiger partial charge in [-0.15, -0.1) is 36.2 Å². The van der Waals surface area contributed by atoms with E-state index in [0.717, 1.165) is 38.3 Å². The summed E-state index contributed by atoms with van der Waals surface area (Å²) in [5.74, 6) is 0.0450. The van der Waals surface area contributed by atoms with Gasteiger partial charge in [-0.2, -0.15) is 0 Å². The van der Waals surface area contributed by atoms with Gasteiger partial charge in [0.15, 0.2) is 5.67 Å². The van der Waals surface area contributed by atoms with Gasteiger partial charge in [0.25, 0.3) is 0 Å². The fourth-order valence-electron chi connectivity index (χ4n) is 6.25.